The van der Waals surface area contributed by atoms with Gasteiger partial charge in [-0.2, -0.15) is 0 Å². The van der Waals surface area contributed by atoms with E-state index in [-0.39, 0.29) is 0 Å². The highest BCUT2D eigenvalue weighted by Crippen LogP contribution is 2.40. The van der Waals surface area contributed by atoms with Crippen molar-refractivity contribution in [1.29, 1.82) is 0 Å². The van der Waals surface area contributed by atoms with E-state index in [0.29, 0.717) is 12.0 Å². The van der Waals surface area contributed by atoms with Gasteiger partial charge in [0.05, 0.1) is 12.9 Å². The normalized spacial score (nSPS) is 18.2. The smallest absolute Gasteiger partial charge is 0.153 e. The predicted octanol–water partition coefficient (Wildman–Crippen LogP) is 2.34. The van der Waals surface area contributed by atoms with Gasteiger partial charge < -0.3 is 14.0 Å². The van der Waals surface area contributed by atoms with E-state index in [0.717, 1.165) is 49.8 Å². The van der Waals surface area contributed by atoms with Crippen LogP contribution in [0, 0.1) is 6.92 Å². The summed E-state index contributed by atoms with van der Waals surface area (Å²) >= 11 is 0. The van der Waals surface area contributed by atoms with E-state index in [4.69, 9.17) is 0 Å². The van der Waals surface area contributed by atoms with Gasteiger partial charge in [0, 0.05) is 49.2 Å². The van der Waals surface area contributed by atoms with E-state index in [9.17, 15) is 0 Å². The molecule has 0 bridgehead atoms. The highest BCUT2D eigenvalue weighted by molar-refractivity contribution is 5.39. The average molecular weight is 364 g/mol. The van der Waals surface area contributed by atoms with Gasteiger partial charge in [0.25, 0.3) is 0 Å². The van der Waals surface area contributed by atoms with Gasteiger partial charge in [0.1, 0.15) is 18.0 Å². The lowest BCUT2D eigenvalue weighted by Crippen LogP contribution is -2.34. The number of hydrogen-bond donors (Lipinski definition) is 0. The van der Waals surface area contributed by atoms with Crippen molar-refractivity contribution in [3.05, 3.63) is 48.5 Å². The number of piperidine rings is 1. The molecule has 3 aromatic rings. The maximum Gasteiger partial charge on any atom is 0.153 e. The van der Waals surface area contributed by atoms with Crippen molar-refractivity contribution in [1.82, 2.24) is 34.3 Å². The van der Waals surface area contributed by atoms with Gasteiger partial charge in [0.15, 0.2) is 5.82 Å². The summed E-state index contributed by atoms with van der Waals surface area (Å²) in [7, 11) is 0. The first-order valence-corrected chi connectivity index (χ1v) is 9.71. The second-order valence-electron chi connectivity index (χ2n) is 7.59. The molecule has 2 aliphatic rings. The number of nitrogens with zero attached hydrogens (tertiary/aromatic N) is 8. The zero-order valence-electron chi connectivity index (χ0n) is 15.6. The van der Waals surface area contributed by atoms with Crippen molar-refractivity contribution in [2.45, 2.75) is 51.1 Å². The van der Waals surface area contributed by atoms with Gasteiger partial charge in [-0.1, -0.05) is 0 Å². The van der Waals surface area contributed by atoms with E-state index in [1.807, 2.05) is 25.6 Å². The van der Waals surface area contributed by atoms with E-state index >= 15 is 0 Å². The molecule has 0 amide bonds. The zero-order valence-corrected chi connectivity index (χ0v) is 15.6. The number of rotatable bonds is 5. The number of aromatic nitrogens is 7. The molecule has 0 radical (unpaired) electrons. The van der Waals surface area contributed by atoms with Crippen LogP contribution in [0.3, 0.4) is 0 Å². The second kappa shape index (κ2) is 6.75. The Balaban J connectivity index is 1.33. The Bertz CT molecular complexity index is 904. The molecule has 140 valence electrons. The van der Waals surface area contributed by atoms with Crippen LogP contribution < -0.4 is 4.90 Å². The van der Waals surface area contributed by atoms with Crippen LogP contribution >= 0.6 is 0 Å². The van der Waals surface area contributed by atoms with E-state index in [2.05, 4.69) is 45.2 Å². The summed E-state index contributed by atoms with van der Waals surface area (Å²) in [4.78, 5) is 15.1. The summed E-state index contributed by atoms with van der Waals surface area (Å²) in [6.07, 6.45) is 11.9. The van der Waals surface area contributed by atoms with E-state index < -0.39 is 0 Å². The second-order valence-corrected chi connectivity index (χ2v) is 7.59. The topological polar surface area (TPSA) is 77.5 Å². The van der Waals surface area contributed by atoms with Crippen molar-refractivity contribution in [2.75, 3.05) is 18.0 Å². The summed E-state index contributed by atoms with van der Waals surface area (Å²) < 4.78 is 4.47. The van der Waals surface area contributed by atoms with Crippen LogP contribution in [0.2, 0.25) is 0 Å². The van der Waals surface area contributed by atoms with Crippen LogP contribution in [0.25, 0.3) is 0 Å². The Morgan fingerprint density at radius 2 is 1.93 bits per heavy atom. The van der Waals surface area contributed by atoms with Crippen LogP contribution in [0.15, 0.2) is 31.1 Å². The quantitative estimate of drug-likeness (QED) is 0.691. The minimum atomic E-state index is 0.467. The molecule has 3 aromatic heterocycles. The van der Waals surface area contributed by atoms with Gasteiger partial charge >= 0.3 is 0 Å². The highest BCUT2D eigenvalue weighted by atomic mass is 15.3. The molecular weight excluding hydrogens is 340 g/mol. The van der Waals surface area contributed by atoms with Gasteiger partial charge in [-0.15, -0.1) is 10.2 Å². The van der Waals surface area contributed by atoms with Crippen LogP contribution in [-0.2, 0) is 6.54 Å². The van der Waals surface area contributed by atoms with Crippen molar-refractivity contribution >= 4 is 5.82 Å². The zero-order chi connectivity index (χ0) is 18.2. The fraction of sp³-hybridized carbons (Fsp3) is 0.526. The molecule has 2 fully saturated rings. The Kier molecular flexibility index (Phi) is 4.10. The fourth-order valence-corrected chi connectivity index (χ4v) is 3.98. The molecule has 1 saturated heterocycles. The lowest BCUT2D eigenvalue weighted by atomic mass is 9.95. The predicted molar refractivity (Wildman–Crippen MR) is 101 cm³/mol. The molecular formula is C19H24N8. The van der Waals surface area contributed by atoms with Gasteiger partial charge in [-0.3, -0.25) is 0 Å². The third-order valence-corrected chi connectivity index (χ3v) is 5.56. The summed E-state index contributed by atoms with van der Waals surface area (Å²) in [5, 5.41) is 9.17. The largest absolute Gasteiger partial charge is 0.356 e. The summed E-state index contributed by atoms with van der Waals surface area (Å²) in [5.74, 6) is 3.73. The monoisotopic (exact) mass is 364 g/mol. The minimum absolute atomic E-state index is 0.467. The van der Waals surface area contributed by atoms with Gasteiger partial charge in [0.2, 0.25) is 0 Å². The number of hydrogen-bond acceptors (Lipinski definition) is 6. The van der Waals surface area contributed by atoms with Crippen molar-refractivity contribution in [2.24, 2.45) is 0 Å². The molecule has 0 spiro atoms. The average Bonchev–Trinajstić information content (AvgIpc) is 3.23. The molecule has 1 aliphatic heterocycles. The van der Waals surface area contributed by atoms with Gasteiger partial charge in [-0.05, 0) is 32.6 Å². The minimum Gasteiger partial charge on any atom is -0.356 e. The Hall–Kier alpha value is -2.77. The Morgan fingerprint density at radius 1 is 1.07 bits per heavy atom. The SMILES string of the molecule is Cc1cc(N2CCC(c3nnc(Cn4ccnc4)n3C3CC3)CC2)ncn1. The number of anilines is 1. The molecule has 5 rings (SSSR count). The first kappa shape index (κ1) is 16.4. The molecule has 1 aliphatic carbocycles. The lowest BCUT2D eigenvalue weighted by Gasteiger charge is -2.32. The maximum atomic E-state index is 4.63. The molecule has 8 nitrogen and oxygen atoms in total. The van der Waals surface area contributed by atoms with Crippen LogP contribution in [0.4, 0.5) is 5.82 Å². The lowest BCUT2D eigenvalue weighted by molar-refractivity contribution is 0.459. The standard InChI is InChI=1S/C19H24N8/c1-14-10-17(22-12-21-14)26-7-4-15(5-8-26)19-24-23-18(27(19)16-2-3-16)11-25-9-6-20-13-25/h6,9-10,12-13,15-16H,2-5,7-8,11H2,1H3. The molecule has 8 heteroatoms. The fourth-order valence-electron chi connectivity index (χ4n) is 3.98. The van der Waals surface area contributed by atoms with Crippen molar-refractivity contribution in [3.63, 3.8) is 0 Å². The molecule has 1 saturated carbocycles. The van der Waals surface area contributed by atoms with Crippen LogP contribution in [0.1, 0.15) is 55.0 Å². The van der Waals surface area contributed by atoms with E-state index in [1.54, 1.807) is 6.33 Å². The van der Waals surface area contributed by atoms with Crippen LogP contribution in [0.5, 0.6) is 0 Å². The third kappa shape index (κ3) is 3.31. The molecule has 4 heterocycles. The molecule has 0 N–H and O–H groups in total. The van der Waals surface area contributed by atoms with Gasteiger partial charge in [-0.25, -0.2) is 15.0 Å². The molecule has 0 atom stereocenters. The first-order valence-electron chi connectivity index (χ1n) is 9.71. The number of aryl methyl sites for hydroxylation is 1. The number of imidazole rings is 1. The third-order valence-electron chi connectivity index (χ3n) is 5.56. The highest BCUT2D eigenvalue weighted by Gasteiger charge is 2.33. The molecule has 0 unspecified atom stereocenters. The summed E-state index contributed by atoms with van der Waals surface area (Å²) in [6.45, 7) is 4.74. The first-order chi connectivity index (χ1) is 13.3. The molecule has 0 aromatic carbocycles. The van der Waals surface area contributed by atoms with E-state index in [1.165, 1.54) is 18.7 Å². The summed E-state index contributed by atoms with van der Waals surface area (Å²) in [6, 6.07) is 2.65. The Morgan fingerprint density at radius 3 is 2.63 bits per heavy atom. The Labute approximate surface area is 158 Å². The summed E-state index contributed by atoms with van der Waals surface area (Å²) in [5.41, 5.74) is 1.01. The maximum absolute atomic E-state index is 4.63. The van der Waals surface area contributed by atoms with Crippen molar-refractivity contribution < 1.29 is 0 Å². The van der Waals surface area contributed by atoms with Crippen molar-refractivity contribution in [3.8, 4) is 0 Å². The molecule has 27 heavy (non-hydrogen) atoms. The van der Waals surface area contributed by atoms with Crippen LogP contribution in [-0.4, -0.2) is 47.4 Å².